The molecule has 0 saturated carbocycles. The Morgan fingerprint density at radius 3 is 2.56 bits per heavy atom. The van der Waals surface area contributed by atoms with Gasteiger partial charge in [-0.25, -0.2) is 0 Å². The van der Waals surface area contributed by atoms with Crippen LogP contribution < -0.4 is 10.6 Å². The van der Waals surface area contributed by atoms with Crippen molar-refractivity contribution >= 4 is 22.9 Å². The topological polar surface area (TPSA) is 42.1 Å². The summed E-state index contributed by atoms with van der Waals surface area (Å²) in [4.78, 5) is 6.92. The van der Waals surface area contributed by atoms with Crippen LogP contribution in [0.5, 0.6) is 0 Å². The summed E-state index contributed by atoms with van der Waals surface area (Å²) in [7, 11) is 0. The molecule has 2 N–H and O–H groups in total. The van der Waals surface area contributed by atoms with Crippen molar-refractivity contribution in [3.63, 3.8) is 0 Å². The van der Waals surface area contributed by atoms with Crippen molar-refractivity contribution < 1.29 is 0 Å². The molecule has 1 atom stereocenters. The van der Waals surface area contributed by atoms with Crippen LogP contribution in [0, 0.1) is 0 Å². The van der Waals surface area contributed by atoms with Gasteiger partial charge in [0.1, 0.15) is 4.99 Å². The van der Waals surface area contributed by atoms with Crippen molar-refractivity contribution in [1.29, 1.82) is 0 Å². The molecule has 0 aliphatic rings. The van der Waals surface area contributed by atoms with Gasteiger partial charge in [0.05, 0.1) is 17.6 Å². The zero-order valence-corrected chi connectivity index (χ0v) is 10.9. The lowest BCUT2D eigenvalue weighted by Gasteiger charge is -2.29. The molecule has 0 fully saturated rings. The predicted octanol–water partition coefficient (Wildman–Crippen LogP) is 2.34. The van der Waals surface area contributed by atoms with Gasteiger partial charge in [-0.2, -0.15) is 0 Å². The van der Waals surface area contributed by atoms with E-state index in [1.807, 2.05) is 18.3 Å². The molecule has 0 amide bonds. The Labute approximate surface area is 103 Å². The van der Waals surface area contributed by atoms with Gasteiger partial charge in [-0.3, -0.25) is 4.98 Å². The first-order chi connectivity index (χ1) is 7.60. The number of hydrogen-bond donors (Lipinski definition) is 1. The van der Waals surface area contributed by atoms with E-state index in [2.05, 4.69) is 30.7 Å². The Kier molecular flexibility index (Phi) is 4.68. The number of rotatable bonds is 5. The number of anilines is 1. The lowest BCUT2D eigenvalue weighted by atomic mass is 10.2. The molecule has 0 aliphatic heterocycles. The molecule has 0 spiro atoms. The van der Waals surface area contributed by atoms with Crippen LogP contribution in [0.4, 0.5) is 5.69 Å². The van der Waals surface area contributed by atoms with Gasteiger partial charge in [0.25, 0.3) is 0 Å². The van der Waals surface area contributed by atoms with Gasteiger partial charge in [0.2, 0.25) is 0 Å². The quantitative estimate of drug-likeness (QED) is 0.798. The third kappa shape index (κ3) is 2.92. The summed E-state index contributed by atoms with van der Waals surface area (Å²) in [5.41, 5.74) is 7.32. The van der Waals surface area contributed by atoms with E-state index in [9.17, 15) is 0 Å². The normalized spacial score (nSPS) is 12.2. The Morgan fingerprint density at radius 1 is 1.50 bits per heavy atom. The first-order valence-electron chi connectivity index (χ1n) is 5.62. The molecule has 1 heterocycles. The van der Waals surface area contributed by atoms with Gasteiger partial charge >= 0.3 is 0 Å². The molecule has 16 heavy (non-hydrogen) atoms. The molecule has 4 heteroatoms. The number of pyridine rings is 1. The summed E-state index contributed by atoms with van der Waals surface area (Å²) in [5, 5.41) is 0. The number of hydrogen-bond acceptors (Lipinski definition) is 3. The van der Waals surface area contributed by atoms with Crippen LogP contribution in [-0.2, 0) is 0 Å². The fourth-order valence-electron chi connectivity index (χ4n) is 1.67. The van der Waals surface area contributed by atoms with Crippen LogP contribution in [0.25, 0.3) is 0 Å². The maximum Gasteiger partial charge on any atom is 0.122 e. The van der Waals surface area contributed by atoms with Crippen molar-refractivity contribution in [2.45, 2.75) is 33.2 Å². The van der Waals surface area contributed by atoms with Crippen molar-refractivity contribution in [3.8, 4) is 0 Å². The number of thiocarbonyl (C=S) groups is 1. The SMILES string of the molecule is CCC(C)N(CC)c1ccc(C(N)=S)nc1. The van der Waals surface area contributed by atoms with E-state index in [0.717, 1.165) is 18.7 Å². The molecule has 0 radical (unpaired) electrons. The van der Waals surface area contributed by atoms with Crippen molar-refractivity contribution in [3.05, 3.63) is 24.0 Å². The minimum absolute atomic E-state index is 0.345. The van der Waals surface area contributed by atoms with E-state index < -0.39 is 0 Å². The Bertz CT molecular complexity index is 348. The molecule has 0 bridgehead atoms. The van der Waals surface area contributed by atoms with E-state index in [1.54, 1.807) is 0 Å². The third-order valence-corrected chi connectivity index (χ3v) is 3.00. The smallest absolute Gasteiger partial charge is 0.122 e. The molecular formula is C12H19N3S. The minimum Gasteiger partial charge on any atom is -0.388 e. The average Bonchev–Trinajstić information content (AvgIpc) is 2.30. The lowest BCUT2D eigenvalue weighted by molar-refractivity contribution is 0.629. The molecule has 0 aromatic carbocycles. The van der Waals surface area contributed by atoms with Gasteiger partial charge in [-0.1, -0.05) is 19.1 Å². The van der Waals surface area contributed by atoms with Gasteiger partial charge < -0.3 is 10.6 Å². The molecule has 1 unspecified atom stereocenters. The van der Waals surface area contributed by atoms with Crippen molar-refractivity contribution in [1.82, 2.24) is 4.98 Å². The zero-order valence-electron chi connectivity index (χ0n) is 10.1. The molecular weight excluding hydrogens is 218 g/mol. The highest BCUT2D eigenvalue weighted by Gasteiger charge is 2.11. The highest BCUT2D eigenvalue weighted by atomic mass is 32.1. The molecule has 0 aliphatic carbocycles. The summed E-state index contributed by atoms with van der Waals surface area (Å²) in [6, 6.07) is 4.42. The molecule has 1 aromatic rings. The lowest BCUT2D eigenvalue weighted by Crippen LogP contribution is -2.32. The maximum atomic E-state index is 5.51. The number of nitrogens with two attached hydrogens (primary N) is 1. The van der Waals surface area contributed by atoms with Crippen LogP contribution in [0.15, 0.2) is 18.3 Å². The fraction of sp³-hybridized carbons (Fsp3) is 0.500. The molecule has 1 rings (SSSR count). The summed E-state index contributed by atoms with van der Waals surface area (Å²) in [6.07, 6.45) is 2.95. The first-order valence-corrected chi connectivity index (χ1v) is 6.03. The third-order valence-electron chi connectivity index (χ3n) is 2.80. The van der Waals surface area contributed by atoms with Crippen LogP contribution >= 0.6 is 12.2 Å². The van der Waals surface area contributed by atoms with Crippen LogP contribution in [0.1, 0.15) is 32.9 Å². The standard InChI is InChI=1S/C12H19N3S/c1-4-9(3)15(5-2)10-6-7-11(12(13)16)14-8-10/h6-9H,4-5H2,1-3H3,(H2,13,16). The summed E-state index contributed by atoms with van der Waals surface area (Å²) in [6.45, 7) is 7.52. The Balaban J connectivity index is 2.90. The van der Waals surface area contributed by atoms with Gasteiger partial charge in [0, 0.05) is 12.6 Å². The summed E-state index contributed by atoms with van der Waals surface area (Å²) >= 11 is 4.88. The molecule has 3 nitrogen and oxygen atoms in total. The second-order valence-corrected chi connectivity index (χ2v) is 4.25. The number of nitrogens with zero attached hydrogens (tertiary/aromatic N) is 2. The van der Waals surface area contributed by atoms with E-state index in [0.29, 0.717) is 16.7 Å². The van der Waals surface area contributed by atoms with E-state index in [-0.39, 0.29) is 0 Å². The second kappa shape index (κ2) is 5.80. The Hall–Kier alpha value is -1.16. The first kappa shape index (κ1) is 12.9. The predicted molar refractivity (Wildman–Crippen MR) is 72.9 cm³/mol. The van der Waals surface area contributed by atoms with E-state index in [1.165, 1.54) is 0 Å². The van der Waals surface area contributed by atoms with Gasteiger partial charge in [-0.05, 0) is 32.4 Å². The van der Waals surface area contributed by atoms with Gasteiger partial charge in [-0.15, -0.1) is 0 Å². The second-order valence-electron chi connectivity index (χ2n) is 3.81. The highest BCUT2D eigenvalue weighted by molar-refractivity contribution is 7.80. The van der Waals surface area contributed by atoms with Gasteiger partial charge in [0.15, 0.2) is 0 Å². The van der Waals surface area contributed by atoms with E-state index in [4.69, 9.17) is 18.0 Å². The van der Waals surface area contributed by atoms with E-state index >= 15 is 0 Å². The summed E-state index contributed by atoms with van der Waals surface area (Å²) < 4.78 is 0. The molecule has 88 valence electrons. The van der Waals surface area contributed by atoms with Crippen LogP contribution in [-0.4, -0.2) is 22.6 Å². The maximum absolute atomic E-state index is 5.51. The fourth-order valence-corrected chi connectivity index (χ4v) is 1.79. The monoisotopic (exact) mass is 237 g/mol. The van der Waals surface area contributed by atoms with Crippen LogP contribution in [0.2, 0.25) is 0 Å². The highest BCUT2D eigenvalue weighted by Crippen LogP contribution is 2.17. The molecule has 1 aromatic heterocycles. The minimum atomic E-state index is 0.345. The Morgan fingerprint density at radius 2 is 2.19 bits per heavy atom. The molecule has 0 saturated heterocycles. The van der Waals surface area contributed by atoms with Crippen molar-refractivity contribution in [2.24, 2.45) is 5.73 Å². The summed E-state index contributed by atoms with van der Waals surface area (Å²) in [5.74, 6) is 0. The van der Waals surface area contributed by atoms with Crippen molar-refractivity contribution in [2.75, 3.05) is 11.4 Å². The zero-order chi connectivity index (χ0) is 12.1. The number of aromatic nitrogens is 1. The average molecular weight is 237 g/mol. The largest absolute Gasteiger partial charge is 0.388 e. The van der Waals surface area contributed by atoms with Crippen LogP contribution in [0.3, 0.4) is 0 Å².